The summed E-state index contributed by atoms with van der Waals surface area (Å²) in [5, 5.41) is 18.9. The summed E-state index contributed by atoms with van der Waals surface area (Å²) in [6.07, 6.45) is 0.849. The van der Waals surface area contributed by atoms with Crippen LogP contribution in [0, 0.1) is 10.1 Å². The zero-order chi connectivity index (χ0) is 10.7. The minimum atomic E-state index is -1.27. The maximum Gasteiger partial charge on any atom is 0.354 e. The van der Waals surface area contributed by atoms with Gasteiger partial charge in [-0.2, -0.15) is 0 Å². The second-order valence-electron chi connectivity index (χ2n) is 2.30. The van der Waals surface area contributed by atoms with E-state index in [0.717, 1.165) is 12.3 Å². The maximum atomic E-state index is 10.5. The summed E-state index contributed by atoms with van der Waals surface area (Å²) < 4.78 is 4.65. The van der Waals surface area contributed by atoms with Crippen LogP contribution in [0.1, 0.15) is 10.5 Å². The van der Waals surface area contributed by atoms with Crippen LogP contribution in [0.25, 0.3) is 0 Å². The van der Waals surface area contributed by atoms with Crippen molar-refractivity contribution in [3.8, 4) is 5.75 Å². The highest BCUT2D eigenvalue weighted by molar-refractivity contribution is 5.86. The van der Waals surface area contributed by atoms with Crippen molar-refractivity contribution < 1.29 is 19.6 Å². The van der Waals surface area contributed by atoms with Crippen molar-refractivity contribution in [3.05, 3.63) is 28.1 Å². The smallest absolute Gasteiger partial charge is 0.354 e. The summed E-state index contributed by atoms with van der Waals surface area (Å²) in [5.74, 6) is -1.39. The standard InChI is InChI=1S/C7H6N2O5/c1-14-6-2-4(7(10)11)8-3-5(6)9(12)13/h2-3H,1H3,(H,10,11). The third-order valence-electron chi connectivity index (χ3n) is 1.48. The van der Waals surface area contributed by atoms with Gasteiger partial charge < -0.3 is 9.84 Å². The number of ether oxygens (including phenoxy) is 1. The number of aromatic carboxylic acids is 1. The molecule has 1 rings (SSSR count). The van der Waals surface area contributed by atoms with Crippen LogP contribution in [0.15, 0.2) is 12.3 Å². The van der Waals surface area contributed by atoms with E-state index in [-0.39, 0.29) is 17.1 Å². The fraction of sp³-hybridized carbons (Fsp3) is 0.143. The molecule has 0 aliphatic heterocycles. The SMILES string of the molecule is COc1cc(C(=O)O)ncc1[N+](=O)[O-]. The number of nitrogens with zero attached hydrogens (tertiary/aromatic N) is 2. The fourth-order valence-electron chi connectivity index (χ4n) is 0.847. The number of rotatable bonds is 3. The predicted molar refractivity (Wildman–Crippen MR) is 44.4 cm³/mol. The Labute approximate surface area is 78.1 Å². The largest absolute Gasteiger partial charge is 0.490 e. The van der Waals surface area contributed by atoms with Gasteiger partial charge in [0.15, 0.2) is 5.69 Å². The number of methoxy groups -OCH3 is 1. The van der Waals surface area contributed by atoms with Gasteiger partial charge in [-0.25, -0.2) is 9.78 Å². The molecule has 0 aliphatic carbocycles. The van der Waals surface area contributed by atoms with Crippen molar-refractivity contribution >= 4 is 11.7 Å². The van der Waals surface area contributed by atoms with E-state index in [4.69, 9.17) is 5.11 Å². The minimum Gasteiger partial charge on any atom is -0.490 e. The topological polar surface area (TPSA) is 103 Å². The number of hydrogen-bond donors (Lipinski definition) is 1. The maximum absolute atomic E-state index is 10.5. The molecule has 0 radical (unpaired) electrons. The van der Waals surface area contributed by atoms with E-state index in [2.05, 4.69) is 9.72 Å². The van der Waals surface area contributed by atoms with Gasteiger partial charge in [-0.1, -0.05) is 0 Å². The molecule has 1 N–H and O–H groups in total. The fourth-order valence-corrected chi connectivity index (χ4v) is 0.847. The summed E-state index contributed by atoms with van der Waals surface area (Å²) >= 11 is 0. The molecule has 0 atom stereocenters. The normalized spacial score (nSPS) is 9.50. The predicted octanol–water partition coefficient (Wildman–Crippen LogP) is 0.697. The van der Waals surface area contributed by atoms with E-state index in [1.807, 2.05) is 0 Å². The van der Waals surface area contributed by atoms with Crippen molar-refractivity contribution in [2.24, 2.45) is 0 Å². The summed E-state index contributed by atoms with van der Waals surface area (Å²) in [7, 11) is 1.22. The second-order valence-corrected chi connectivity index (χ2v) is 2.30. The number of nitro groups is 1. The Morgan fingerprint density at radius 3 is 2.79 bits per heavy atom. The van der Waals surface area contributed by atoms with Gasteiger partial charge in [-0.15, -0.1) is 0 Å². The average molecular weight is 198 g/mol. The summed E-state index contributed by atoms with van der Waals surface area (Å²) in [6, 6.07) is 1.00. The molecule has 0 saturated heterocycles. The lowest BCUT2D eigenvalue weighted by Crippen LogP contribution is -2.02. The number of carbonyl (C=O) groups is 1. The van der Waals surface area contributed by atoms with Gasteiger partial charge in [0.25, 0.3) is 0 Å². The first kappa shape index (κ1) is 9.90. The van der Waals surface area contributed by atoms with Crippen molar-refractivity contribution in [3.63, 3.8) is 0 Å². The van der Waals surface area contributed by atoms with E-state index in [9.17, 15) is 14.9 Å². The van der Waals surface area contributed by atoms with E-state index < -0.39 is 10.9 Å². The molecule has 0 unspecified atom stereocenters. The number of carboxylic acids is 1. The lowest BCUT2D eigenvalue weighted by atomic mass is 10.3. The van der Waals surface area contributed by atoms with Crippen LogP contribution in [0.5, 0.6) is 5.75 Å². The van der Waals surface area contributed by atoms with Gasteiger partial charge in [-0.3, -0.25) is 10.1 Å². The summed E-state index contributed by atoms with van der Waals surface area (Å²) in [6.45, 7) is 0. The van der Waals surface area contributed by atoms with Crippen molar-refractivity contribution in [1.82, 2.24) is 4.98 Å². The lowest BCUT2D eigenvalue weighted by molar-refractivity contribution is -0.386. The molecule has 0 saturated carbocycles. The molecule has 1 heterocycles. The molecule has 0 aliphatic rings. The molecule has 0 aromatic carbocycles. The highest BCUT2D eigenvalue weighted by atomic mass is 16.6. The molecule has 14 heavy (non-hydrogen) atoms. The van der Waals surface area contributed by atoms with Gasteiger partial charge in [-0.05, 0) is 0 Å². The highest BCUT2D eigenvalue weighted by Gasteiger charge is 2.18. The van der Waals surface area contributed by atoms with Gasteiger partial charge in [0, 0.05) is 6.07 Å². The van der Waals surface area contributed by atoms with E-state index in [1.165, 1.54) is 7.11 Å². The zero-order valence-electron chi connectivity index (χ0n) is 7.13. The lowest BCUT2D eigenvalue weighted by Gasteiger charge is -2.01. The molecule has 1 aromatic rings. The van der Waals surface area contributed by atoms with Crippen LogP contribution in [-0.2, 0) is 0 Å². The first-order valence-corrected chi connectivity index (χ1v) is 3.48. The van der Waals surface area contributed by atoms with Crippen molar-refractivity contribution in [2.45, 2.75) is 0 Å². The van der Waals surface area contributed by atoms with E-state index in [0.29, 0.717) is 0 Å². The molecule has 0 fully saturated rings. The van der Waals surface area contributed by atoms with Crippen LogP contribution in [-0.4, -0.2) is 28.1 Å². The third kappa shape index (κ3) is 1.76. The Bertz CT molecular complexity index is 390. The molecular weight excluding hydrogens is 192 g/mol. The molecule has 7 nitrogen and oxygen atoms in total. The Balaban J connectivity index is 3.25. The van der Waals surface area contributed by atoms with Gasteiger partial charge in [0.05, 0.1) is 12.0 Å². The number of hydrogen-bond acceptors (Lipinski definition) is 5. The van der Waals surface area contributed by atoms with Crippen molar-refractivity contribution in [2.75, 3.05) is 7.11 Å². The van der Waals surface area contributed by atoms with Gasteiger partial charge in [0.2, 0.25) is 5.75 Å². The van der Waals surface area contributed by atoms with E-state index in [1.54, 1.807) is 0 Å². The molecule has 1 aromatic heterocycles. The van der Waals surface area contributed by atoms with Gasteiger partial charge >= 0.3 is 11.7 Å². The number of carboxylic acid groups (broad SMARTS) is 1. The highest BCUT2D eigenvalue weighted by Crippen LogP contribution is 2.25. The second kappa shape index (κ2) is 3.69. The van der Waals surface area contributed by atoms with Crippen LogP contribution >= 0.6 is 0 Å². The van der Waals surface area contributed by atoms with Crippen LogP contribution in [0.3, 0.4) is 0 Å². The Hall–Kier alpha value is -2.18. The number of aromatic nitrogens is 1. The third-order valence-corrected chi connectivity index (χ3v) is 1.48. The molecular formula is C7H6N2O5. The minimum absolute atomic E-state index is 0.123. The van der Waals surface area contributed by atoms with E-state index >= 15 is 0 Å². The first-order valence-electron chi connectivity index (χ1n) is 3.48. The van der Waals surface area contributed by atoms with Crippen LogP contribution in [0.4, 0.5) is 5.69 Å². The van der Waals surface area contributed by atoms with Gasteiger partial charge in [0.1, 0.15) is 6.20 Å². The molecule has 7 heteroatoms. The monoisotopic (exact) mass is 198 g/mol. The summed E-state index contributed by atoms with van der Waals surface area (Å²) in [5.41, 5.74) is -0.662. The zero-order valence-corrected chi connectivity index (χ0v) is 7.13. The molecule has 0 spiro atoms. The summed E-state index contributed by atoms with van der Waals surface area (Å²) in [4.78, 5) is 23.6. The Morgan fingerprint density at radius 2 is 2.36 bits per heavy atom. The Morgan fingerprint density at radius 1 is 1.71 bits per heavy atom. The molecule has 74 valence electrons. The first-order chi connectivity index (χ1) is 6.56. The molecule has 0 amide bonds. The average Bonchev–Trinajstić information content (AvgIpc) is 2.16. The Kier molecular flexibility index (Phi) is 2.61. The quantitative estimate of drug-likeness (QED) is 0.566. The van der Waals surface area contributed by atoms with Crippen LogP contribution < -0.4 is 4.74 Å². The van der Waals surface area contributed by atoms with Crippen molar-refractivity contribution in [1.29, 1.82) is 0 Å². The number of pyridine rings is 1. The molecule has 0 bridgehead atoms. The van der Waals surface area contributed by atoms with Crippen LogP contribution in [0.2, 0.25) is 0 Å².